The van der Waals surface area contributed by atoms with Crippen LogP contribution in [0, 0.1) is 0 Å². The van der Waals surface area contributed by atoms with Gasteiger partial charge >= 0.3 is 0 Å². The molecule has 0 aromatic heterocycles. The van der Waals surface area contributed by atoms with E-state index in [4.69, 9.17) is 10.5 Å². The molecule has 6 heteroatoms. The molecule has 1 amide bonds. The van der Waals surface area contributed by atoms with Crippen molar-refractivity contribution in [3.8, 4) is 0 Å². The summed E-state index contributed by atoms with van der Waals surface area (Å²) in [5, 5.41) is 0. The molecule has 0 spiro atoms. The average Bonchev–Trinajstić information content (AvgIpc) is 2.47. The Morgan fingerprint density at radius 2 is 2.27 bits per heavy atom. The summed E-state index contributed by atoms with van der Waals surface area (Å²) in [4.78, 5) is 13.7. The van der Waals surface area contributed by atoms with E-state index in [2.05, 4.69) is 0 Å². The molecule has 1 fully saturated rings. The minimum Gasteiger partial charge on any atom is -0.370 e. The van der Waals surface area contributed by atoms with E-state index in [1.54, 1.807) is 0 Å². The quantitative estimate of drug-likeness (QED) is 0.790. The van der Waals surface area contributed by atoms with Crippen molar-refractivity contribution >= 4 is 30.1 Å². The largest absolute Gasteiger partial charge is 0.370 e. The highest BCUT2D eigenvalue weighted by atomic mass is 35.5. The first-order chi connectivity index (χ1) is 6.79. The first-order valence-electron chi connectivity index (χ1n) is 4.89. The maximum absolute atomic E-state index is 11.8. The molecule has 90 valence electrons. The van der Waals surface area contributed by atoms with Crippen LogP contribution in [0.3, 0.4) is 0 Å². The summed E-state index contributed by atoms with van der Waals surface area (Å²) >= 11 is 1.90. The van der Waals surface area contributed by atoms with Gasteiger partial charge in [-0.1, -0.05) is 0 Å². The third-order valence-corrected chi connectivity index (χ3v) is 3.36. The Morgan fingerprint density at radius 3 is 2.87 bits per heavy atom. The normalized spacial score (nSPS) is 18.9. The summed E-state index contributed by atoms with van der Waals surface area (Å²) < 4.78 is 5.03. The third-order valence-electron chi connectivity index (χ3n) is 2.31. The summed E-state index contributed by atoms with van der Waals surface area (Å²) in [6.45, 7) is 1.92. The molecule has 0 aliphatic carbocycles. The number of carbonyl (C=O) groups excluding carboxylic acids is 1. The number of nitrogens with zero attached hydrogens (tertiary/aromatic N) is 1. The molecule has 0 saturated carbocycles. The number of thioether (sulfide) groups is 1. The fraction of sp³-hybridized carbons (Fsp3) is 0.889. The van der Waals surface area contributed by atoms with Gasteiger partial charge in [-0.05, 0) is 12.2 Å². The van der Waals surface area contributed by atoms with Gasteiger partial charge < -0.3 is 15.4 Å². The van der Waals surface area contributed by atoms with Gasteiger partial charge in [0.1, 0.15) is 6.10 Å². The Labute approximate surface area is 101 Å². The number of amides is 1. The Balaban J connectivity index is 0.00000196. The molecule has 2 N–H and O–H groups in total. The molecule has 1 atom stereocenters. The number of halogens is 1. The number of nitrogens with two attached hydrogens (primary N) is 1. The van der Waals surface area contributed by atoms with Gasteiger partial charge in [0.2, 0.25) is 0 Å². The van der Waals surface area contributed by atoms with Crippen molar-refractivity contribution in [2.45, 2.75) is 12.5 Å². The van der Waals surface area contributed by atoms with E-state index in [0.717, 1.165) is 31.0 Å². The zero-order valence-corrected chi connectivity index (χ0v) is 10.6. The maximum Gasteiger partial charge on any atom is 0.253 e. The lowest BCUT2D eigenvalue weighted by Gasteiger charge is -2.24. The van der Waals surface area contributed by atoms with Crippen molar-refractivity contribution in [1.82, 2.24) is 4.90 Å². The van der Waals surface area contributed by atoms with Crippen LogP contribution in [-0.2, 0) is 9.53 Å². The Hall–Kier alpha value is 0.0300. The number of carbonyl (C=O) groups is 1. The lowest BCUT2D eigenvalue weighted by atomic mass is 10.3. The summed E-state index contributed by atoms with van der Waals surface area (Å²) in [6.07, 6.45) is 0.607. The Morgan fingerprint density at radius 1 is 1.53 bits per heavy atom. The van der Waals surface area contributed by atoms with Crippen molar-refractivity contribution in [1.29, 1.82) is 0 Å². The molecule has 0 bridgehead atoms. The molecule has 1 aliphatic heterocycles. The molecular weight excluding hydrogens is 236 g/mol. The van der Waals surface area contributed by atoms with Gasteiger partial charge in [0.25, 0.3) is 5.91 Å². The monoisotopic (exact) mass is 254 g/mol. The maximum atomic E-state index is 11.8. The zero-order valence-electron chi connectivity index (χ0n) is 8.98. The summed E-state index contributed by atoms with van der Waals surface area (Å²) in [5.74, 6) is 2.20. The highest BCUT2D eigenvalue weighted by Crippen LogP contribution is 2.11. The number of hydrogen-bond acceptors (Lipinski definition) is 4. The van der Waals surface area contributed by atoms with E-state index in [1.165, 1.54) is 7.11 Å². The predicted molar refractivity (Wildman–Crippen MR) is 65.6 cm³/mol. The first-order valence-corrected chi connectivity index (χ1v) is 6.04. The predicted octanol–water partition coefficient (Wildman–Crippen LogP) is 0.347. The summed E-state index contributed by atoms with van der Waals surface area (Å²) in [5.41, 5.74) is 5.45. The second-order valence-corrected chi connectivity index (χ2v) is 4.48. The van der Waals surface area contributed by atoms with E-state index in [9.17, 15) is 4.79 Å². The second kappa shape index (κ2) is 8.21. The highest BCUT2D eigenvalue weighted by molar-refractivity contribution is 7.99. The van der Waals surface area contributed by atoms with Crippen LogP contribution in [-0.4, -0.2) is 55.2 Å². The SMILES string of the molecule is COC(CN)C(=O)N1CCCSCC1.Cl. The molecule has 0 aromatic rings. The van der Waals surface area contributed by atoms with Crippen LogP contribution in [0.4, 0.5) is 0 Å². The van der Waals surface area contributed by atoms with Gasteiger partial charge in [-0.15, -0.1) is 12.4 Å². The van der Waals surface area contributed by atoms with E-state index in [0.29, 0.717) is 0 Å². The van der Waals surface area contributed by atoms with Crippen LogP contribution in [0.2, 0.25) is 0 Å². The molecule has 0 radical (unpaired) electrons. The minimum absolute atomic E-state index is 0. The molecule has 1 heterocycles. The van der Waals surface area contributed by atoms with Crippen LogP contribution in [0.5, 0.6) is 0 Å². The lowest BCUT2D eigenvalue weighted by Crippen LogP contribution is -2.44. The van der Waals surface area contributed by atoms with Crippen molar-refractivity contribution in [3.05, 3.63) is 0 Å². The molecular formula is C9H19ClN2O2S. The fourth-order valence-corrected chi connectivity index (χ4v) is 2.35. The van der Waals surface area contributed by atoms with Gasteiger partial charge in [-0.2, -0.15) is 11.8 Å². The van der Waals surface area contributed by atoms with Crippen LogP contribution < -0.4 is 5.73 Å². The van der Waals surface area contributed by atoms with Crippen LogP contribution >= 0.6 is 24.2 Å². The van der Waals surface area contributed by atoms with Crippen molar-refractivity contribution in [2.75, 3.05) is 38.2 Å². The minimum atomic E-state index is -0.460. The average molecular weight is 255 g/mol. The number of hydrogen-bond donors (Lipinski definition) is 1. The standard InChI is InChI=1S/C9H18N2O2S.ClH/c1-13-8(7-10)9(12)11-3-2-5-14-6-4-11;/h8H,2-7,10H2,1H3;1H. The van der Waals surface area contributed by atoms with Crippen molar-refractivity contribution < 1.29 is 9.53 Å². The smallest absolute Gasteiger partial charge is 0.253 e. The lowest BCUT2D eigenvalue weighted by molar-refractivity contribution is -0.141. The molecule has 1 aliphatic rings. The molecule has 15 heavy (non-hydrogen) atoms. The Bertz CT molecular complexity index is 183. The molecule has 1 rings (SSSR count). The van der Waals surface area contributed by atoms with E-state index < -0.39 is 6.10 Å². The van der Waals surface area contributed by atoms with Gasteiger partial charge in [0.05, 0.1) is 0 Å². The molecule has 4 nitrogen and oxygen atoms in total. The van der Waals surface area contributed by atoms with Gasteiger partial charge in [0, 0.05) is 32.5 Å². The number of ether oxygens (including phenoxy) is 1. The first kappa shape index (κ1) is 15.0. The van der Waals surface area contributed by atoms with Crippen molar-refractivity contribution in [3.63, 3.8) is 0 Å². The molecule has 0 aromatic carbocycles. The summed E-state index contributed by atoms with van der Waals surface area (Å²) in [7, 11) is 1.53. The van der Waals surface area contributed by atoms with Crippen molar-refractivity contribution in [2.24, 2.45) is 5.73 Å². The van der Waals surface area contributed by atoms with Crippen LogP contribution in [0.1, 0.15) is 6.42 Å². The van der Waals surface area contributed by atoms with E-state index in [1.807, 2.05) is 16.7 Å². The second-order valence-electron chi connectivity index (χ2n) is 3.25. The summed E-state index contributed by atoms with van der Waals surface area (Å²) in [6, 6.07) is 0. The van der Waals surface area contributed by atoms with Gasteiger partial charge in [-0.3, -0.25) is 4.79 Å². The molecule has 1 saturated heterocycles. The van der Waals surface area contributed by atoms with Crippen LogP contribution in [0.15, 0.2) is 0 Å². The van der Waals surface area contributed by atoms with Gasteiger partial charge in [0.15, 0.2) is 0 Å². The van der Waals surface area contributed by atoms with E-state index >= 15 is 0 Å². The zero-order chi connectivity index (χ0) is 10.4. The molecule has 1 unspecified atom stereocenters. The van der Waals surface area contributed by atoms with Gasteiger partial charge in [-0.25, -0.2) is 0 Å². The van der Waals surface area contributed by atoms with E-state index in [-0.39, 0.29) is 24.9 Å². The topological polar surface area (TPSA) is 55.6 Å². The third kappa shape index (κ3) is 4.59. The fourth-order valence-electron chi connectivity index (χ4n) is 1.47. The highest BCUT2D eigenvalue weighted by Gasteiger charge is 2.23. The number of methoxy groups -OCH3 is 1. The number of rotatable bonds is 3. The Kier molecular flexibility index (Phi) is 8.23. The van der Waals surface area contributed by atoms with Crippen LogP contribution in [0.25, 0.3) is 0 Å².